The highest BCUT2D eigenvalue weighted by molar-refractivity contribution is 5.79. The monoisotopic (exact) mass is 232 g/mol. The van der Waals surface area contributed by atoms with Gasteiger partial charge < -0.3 is 10.6 Å². The van der Waals surface area contributed by atoms with Crippen molar-refractivity contribution >= 4 is 5.91 Å². The maximum absolute atomic E-state index is 11.7. The topological polar surface area (TPSA) is 41.1 Å². The van der Waals surface area contributed by atoms with E-state index in [9.17, 15) is 4.79 Å². The molecule has 0 spiro atoms. The van der Waals surface area contributed by atoms with Gasteiger partial charge in [-0.2, -0.15) is 0 Å². The smallest absolute Gasteiger partial charge is 0.224 e. The molecule has 0 radical (unpaired) electrons. The number of benzene rings is 1. The highest BCUT2D eigenvalue weighted by Crippen LogP contribution is 2.07. The van der Waals surface area contributed by atoms with Crippen LogP contribution < -0.4 is 10.6 Å². The van der Waals surface area contributed by atoms with E-state index in [0.717, 1.165) is 32.5 Å². The molecule has 1 aromatic rings. The van der Waals surface area contributed by atoms with Crippen LogP contribution in [0.5, 0.6) is 0 Å². The second kappa shape index (κ2) is 5.82. The average Bonchev–Trinajstić information content (AvgIpc) is 2.85. The van der Waals surface area contributed by atoms with Crippen molar-refractivity contribution in [2.75, 3.05) is 19.6 Å². The number of carbonyl (C=O) groups is 1. The van der Waals surface area contributed by atoms with E-state index in [1.165, 1.54) is 11.1 Å². The van der Waals surface area contributed by atoms with Crippen LogP contribution in [0.2, 0.25) is 0 Å². The molecule has 0 aliphatic carbocycles. The third-order valence-corrected chi connectivity index (χ3v) is 3.26. The fraction of sp³-hybridized carbons (Fsp3) is 0.500. The molecule has 1 aromatic carbocycles. The first-order valence-electron chi connectivity index (χ1n) is 6.29. The van der Waals surface area contributed by atoms with Crippen molar-refractivity contribution in [1.29, 1.82) is 0 Å². The largest absolute Gasteiger partial charge is 0.355 e. The maximum Gasteiger partial charge on any atom is 0.224 e. The van der Waals surface area contributed by atoms with Gasteiger partial charge in [0.25, 0.3) is 0 Å². The molecule has 2 rings (SSSR count). The fourth-order valence-electron chi connectivity index (χ4n) is 2.11. The number of hydrogen-bond donors (Lipinski definition) is 2. The first-order valence-corrected chi connectivity index (χ1v) is 6.29. The molecule has 1 unspecified atom stereocenters. The molecule has 1 heterocycles. The van der Waals surface area contributed by atoms with Gasteiger partial charge in [-0.05, 0) is 31.9 Å². The Hall–Kier alpha value is -1.35. The van der Waals surface area contributed by atoms with Crippen molar-refractivity contribution in [3.8, 4) is 0 Å². The van der Waals surface area contributed by atoms with Gasteiger partial charge in [0.2, 0.25) is 5.91 Å². The number of hydrogen-bond acceptors (Lipinski definition) is 2. The van der Waals surface area contributed by atoms with E-state index >= 15 is 0 Å². The van der Waals surface area contributed by atoms with Gasteiger partial charge in [0.1, 0.15) is 0 Å². The maximum atomic E-state index is 11.7. The lowest BCUT2D eigenvalue weighted by atomic mass is 10.1. The molecule has 17 heavy (non-hydrogen) atoms. The van der Waals surface area contributed by atoms with Crippen LogP contribution in [0, 0.1) is 12.8 Å². The van der Waals surface area contributed by atoms with Gasteiger partial charge in [-0.3, -0.25) is 4.79 Å². The van der Waals surface area contributed by atoms with Crippen LogP contribution in [-0.4, -0.2) is 25.5 Å². The fourth-order valence-corrected chi connectivity index (χ4v) is 2.11. The Morgan fingerprint density at radius 3 is 2.82 bits per heavy atom. The molecule has 1 fully saturated rings. The third kappa shape index (κ3) is 3.56. The van der Waals surface area contributed by atoms with Crippen molar-refractivity contribution in [3.05, 3.63) is 35.4 Å². The zero-order valence-corrected chi connectivity index (χ0v) is 10.3. The van der Waals surface area contributed by atoms with Crippen LogP contribution in [0.3, 0.4) is 0 Å². The minimum Gasteiger partial charge on any atom is -0.355 e. The first-order chi connectivity index (χ1) is 8.25. The van der Waals surface area contributed by atoms with Crippen molar-refractivity contribution in [2.24, 2.45) is 5.92 Å². The Labute approximate surface area is 103 Å². The van der Waals surface area contributed by atoms with Crippen LogP contribution in [0.4, 0.5) is 0 Å². The second-order valence-corrected chi connectivity index (χ2v) is 4.72. The van der Waals surface area contributed by atoms with Crippen LogP contribution in [0.25, 0.3) is 0 Å². The average molecular weight is 232 g/mol. The lowest BCUT2D eigenvalue weighted by molar-refractivity contribution is -0.124. The summed E-state index contributed by atoms with van der Waals surface area (Å²) in [6, 6.07) is 8.47. The van der Waals surface area contributed by atoms with Crippen molar-refractivity contribution < 1.29 is 4.79 Å². The van der Waals surface area contributed by atoms with Gasteiger partial charge in [0.15, 0.2) is 0 Å². The van der Waals surface area contributed by atoms with Crippen LogP contribution in [0.1, 0.15) is 17.5 Å². The molecule has 3 nitrogen and oxygen atoms in total. The highest BCUT2D eigenvalue weighted by Gasteiger charge is 2.21. The zero-order valence-electron chi connectivity index (χ0n) is 10.3. The van der Waals surface area contributed by atoms with E-state index in [0.29, 0.717) is 0 Å². The molecular weight excluding hydrogens is 212 g/mol. The summed E-state index contributed by atoms with van der Waals surface area (Å²) >= 11 is 0. The molecule has 92 valence electrons. The number of nitrogens with one attached hydrogen (secondary N) is 2. The van der Waals surface area contributed by atoms with Gasteiger partial charge in [-0.1, -0.05) is 29.8 Å². The van der Waals surface area contributed by atoms with Crippen molar-refractivity contribution in [1.82, 2.24) is 10.6 Å². The van der Waals surface area contributed by atoms with Gasteiger partial charge in [0, 0.05) is 13.1 Å². The molecule has 2 N–H and O–H groups in total. The normalized spacial score (nSPS) is 19.2. The number of aryl methyl sites for hydroxylation is 1. The summed E-state index contributed by atoms with van der Waals surface area (Å²) in [5, 5.41) is 6.22. The molecule has 1 aliphatic rings. The molecule has 1 saturated heterocycles. The molecule has 1 atom stereocenters. The Morgan fingerprint density at radius 1 is 1.41 bits per heavy atom. The van der Waals surface area contributed by atoms with E-state index in [-0.39, 0.29) is 11.8 Å². The quantitative estimate of drug-likeness (QED) is 0.820. The van der Waals surface area contributed by atoms with E-state index in [1.807, 2.05) is 0 Å². The van der Waals surface area contributed by atoms with Crippen molar-refractivity contribution in [2.45, 2.75) is 19.8 Å². The summed E-state index contributed by atoms with van der Waals surface area (Å²) in [5.41, 5.74) is 2.55. The summed E-state index contributed by atoms with van der Waals surface area (Å²) in [4.78, 5) is 11.7. The number of carbonyl (C=O) groups excluding carboxylic acids is 1. The van der Waals surface area contributed by atoms with Crippen LogP contribution in [-0.2, 0) is 11.2 Å². The minimum atomic E-state index is 0.174. The molecule has 1 amide bonds. The summed E-state index contributed by atoms with van der Waals surface area (Å²) in [7, 11) is 0. The Kier molecular flexibility index (Phi) is 4.15. The Bertz CT molecular complexity index is 366. The third-order valence-electron chi connectivity index (χ3n) is 3.26. The van der Waals surface area contributed by atoms with Gasteiger partial charge >= 0.3 is 0 Å². The zero-order chi connectivity index (χ0) is 12.1. The number of rotatable bonds is 4. The lowest BCUT2D eigenvalue weighted by Crippen LogP contribution is -2.33. The van der Waals surface area contributed by atoms with E-state index in [1.54, 1.807) is 0 Å². The summed E-state index contributed by atoms with van der Waals surface area (Å²) < 4.78 is 0. The predicted molar refractivity (Wildman–Crippen MR) is 68.9 cm³/mol. The molecule has 0 saturated carbocycles. The van der Waals surface area contributed by atoms with Gasteiger partial charge in [-0.15, -0.1) is 0 Å². The Morgan fingerprint density at radius 2 is 2.18 bits per heavy atom. The van der Waals surface area contributed by atoms with Gasteiger partial charge in [0.05, 0.1) is 5.92 Å². The van der Waals surface area contributed by atoms with Crippen LogP contribution in [0.15, 0.2) is 24.3 Å². The first kappa shape index (κ1) is 12.1. The number of amides is 1. The SMILES string of the molecule is Cc1ccc(CCNC(=O)C2CCNC2)cc1. The summed E-state index contributed by atoms with van der Waals surface area (Å²) in [5.74, 6) is 0.370. The highest BCUT2D eigenvalue weighted by atomic mass is 16.1. The van der Waals surface area contributed by atoms with E-state index < -0.39 is 0 Å². The van der Waals surface area contributed by atoms with E-state index in [4.69, 9.17) is 0 Å². The molecule has 1 aliphatic heterocycles. The second-order valence-electron chi connectivity index (χ2n) is 4.72. The molecular formula is C14H20N2O. The lowest BCUT2D eigenvalue weighted by Gasteiger charge is -2.09. The molecule has 3 heteroatoms. The van der Waals surface area contributed by atoms with E-state index in [2.05, 4.69) is 41.8 Å². The summed E-state index contributed by atoms with van der Waals surface area (Å²) in [6.45, 7) is 4.61. The standard InChI is InChI=1S/C14H20N2O/c1-11-2-4-12(5-3-11)6-9-16-14(17)13-7-8-15-10-13/h2-5,13,15H,6-10H2,1H3,(H,16,17). The summed E-state index contributed by atoms with van der Waals surface area (Å²) in [6.07, 6.45) is 1.88. The predicted octanol–water partition coefficient (Wildman–Crippen LogP) is 1.26. The van der Waals surface area contributed by atoms with Crippen molar-refractivity contribution in [3.63, 3.8) is 0 Å². The minimum absolute atomic E-state index is 0.174. The Balaban J connectivity index is 1.72. The van der Waals surface area contributed by atoms with Gasteiger partial charge in [-0.25, -0.2) is 0 Å². The molecule has 0 bridgehead atoms. The molecule has 0 aromatic heterocycles. The van der Waals surface area contributed by atoms with Crippen LogP contribution >= 0.6 is 0 Å².